The van der Waals surface area contributed by atoms with Crippen molar-refractivity contribution in [1.29, 1.82) is 0 Å². The average Bonchev–Trinajstić information content (AvgIpc) is 2.94. The highest BCUT2D eigenvalue weighted by molar-refractivity contribution is 9.09. The van der Waals surface area contributed by atoms with Gasteiger partial charge in [0.25, 0.3) is 0 Å². The SMILES string of the molecule is Clc1ccc(C(Br)c2ccc(C3CCCCC3)cc2)s1. The lowest BCUT2D eigenvalue weighted by atomic mass is 9.84. The van der Waals surface area contributed by atoms with Crippen molar-refractivity contribution in [1.82, 2.24) is 0 Å². The highest BCUT2D eigenvalue weighted by atomic mass is 79.9. The summed E-state index contributed by atoms with van der Waals surface area (Å²) in [5.41, 5.74) is 2.82. The molecule has 1 heterocycles. The zero-order chi connectivity index (χ0) is 13.9. The first kappa shape index (κ1) is 14.6. The van der Waals surface area contributed by atoms with Gasteiger partial charge in [0.2, 0.25) is 0 Å². The minimum atomic E-state index is 0.250. The van der Waals surface area contributed by atoms with Gasteiger partial charge in [0.05, 0.1) is 9.16 Å². The normalized spacial score (nSPS) is 18.1. The topological polar surface area (TPSA) is 0 Å². The lowest BCUT2D eigenvalue weighted by Crippen LogP contribution is -2.04. The summed E-state index contributed by atoms with van der Waals surface area (Å²) in [4.78, 5) is 1.51. The number of benzene rings is 1. The molecule has 1 aromatic carbocycles. The van der Waals surface area contributed by atoms with Gasteiger partial charge in [-0.15, -0.1) is 11.3 Å². The van der Waals surface area contributed by atoms with Gasteiger partial charge in [-0.05, 0) is 42.0 Å². The van der Waals surface area contributed by atoms with Crippen molar-refractivity contribution in [3.63, 3.8) is 0 Å². The van der Waals surface area contributed by atoms with Crippen molar-refractivity contribution in [2.75, 3.05) is 0 Å². The van der Waals surface area contributed by atoms with E-state index in [-0.39, 0.29) is 4.83 Å². The van der Waals surface area contributed by atoms with Crippen LogP contribution in [0.15, 0.2) is 36.4 Å². The van der Waals surface area contributed by atoms with Crippen LogP contribution in [0.1, 0.15) is 58.9 Å². The first-order valence-corrected chi connectivity index (χ1v) is 9.34. The molecule has 0 amide bonds. The summed E-state index contributed by atoms with van der Waals surface area (Å²) in [5, 5.41) is 0. The molecule has 0 aliphatic heterocycles. The van der Waals surface area contributed by atoms with Gasteiger partial charge in [0.15, 0.2) is 0 Å². The van der Waals surface area contributed by atoms with Crippen LogP contribution in [-0.4, -0.2) is 0 Å². The minimum Gasteiger partial charge on any atom is -0.127 e. The molecule has 1 aromatic heterocycles. The molecule has 0 spiro atoms. The number of halogens is 2. The molecule has 106 valence electrons. The molecule has 0 N–H and O–H groups in total. The van der Waals surface area contributed by atoms with E-state index >= 15 is 0 Å². The molecule has 20 heavy (non-hydrogen) atoms. The summed E-state index contributed by atoms with van der Waals surface area (Å²) in [5.74, 6) is 0.780. The molecule has 0 nitrogen and oxygen atoms in total. The molecule has 3 heteroatoms. The van der Waals surface area contributed by atoms with Crippen LogP contribution in [0.5, 0.6) is 0 Å². The lowest BCUT2D eigenvalue weighted by Gasteiger charge is -2.22. The Labute approximate surface area is 138 Å². The number of hydrogen-bond donors (Lipinski definition) is 0. The predicted octanol–water partition coefficient (Wildman–Crippen LogP) is 6.93. The van der Waals surface area contributed by atoms with Crippen LogP contribution in [0.3, 0.4) is 0 Å². The van der Waals surface area contributed by atoms with Crippen molar-refractivity contribution in [2.45, 2.75) is 42.8 Å². The highest BCUT2D eigenvalue weighted by Crippen LogP contribution is 2.38. The van der Waals surface area contributed by atoms with Crippen LogP contribution in [0.2, 0.25) is 4.34 Å². The Hall–Kier alpha value is -0.310. The van der Waals surface area contributed by atoms with E-state index in [1.165, 1.54) is 48.1 Å². The van der Waals surface area contributed by atoms with E-state index in [9.17, 15) is 0 Å². The molecule has 0 bridgehead atoms. The third-order valence-corrected chi connectivity index (χ3v) is 6.77. The maximum Gasteiger partial charge on any atom is 0.0931 e. The fourth-order valence-corrected chi connectivity index (χ4v) is 4.81. The molecule has 1 atom stereocenters. The Bertz CT molecular complexity index is 555. The van der Waals surface area contributed by atoms with Gasteiger partial charge in [-0.2, -0.15) is 0 Å². The zero-order valence-corrected chi connectivity index (χ0v) is 14.5. The second kappa shape index (κ2) is 6.64. The fraction of sp³-hybridized carbons (Fsp3) is 0.412. The van der Waals surface area contributed by atoms with Crippen molar-refractivity contribution in [2.24, 2.45) is 0 Å². The Morgan fingerprint density at radius 2 is 1.70 bits per heavy atom. The number of alkyl halides is 1. The standard InChI is InChI=1S/C17H18BrClS/c18-17(15-10-11-16(19)20-15)14-8-6-13(7-9-14)12-4-2-1-3-5-12/h6-12,17H,1-5H2. The van der Waals surface area contributed by atoms with Gasteiger partial charge >= 0.3 is 0 Å². The summed E-state index contributed by atoms with van der Waals surface area (Å²) in [6, 6.07) is 13.2. The third-order valence-electron chi connectivity index (χ3n) is 4.15. The quantitative estimate of drug-likeness (QED) is 0.514. The van der Waals surface area contributed by atoms with Crippen LogP contribution >= 0.6 is 38.9 Å². The average molecular weight is 370 g/mol. The Morgan fingerprint density at radius 1 is 1.00 bits per heavy atom. The van der Waals surface area contributed by atoms with E-state index in [2.05, 4.69) is 46.3 Å². The van der Waals surface area contributed by atoms with Crippen LogP contribution in [0.25, 0.3) is 0 Å². The second-order valence-corrected chi connectivity index (χ2v) is 8.17. The molecule has 1 aliphatic carbocycles. The number of rotatable bonds is 3. The Morgan fingerprint density at radius 3 is 2.30 bits per heavy atom. The van der Waals surface area contributed by atoms with Gasteiger partial charge in [-0.1, -0.05) is 71.1 Å². The lowest BCUT2D eigenvalue weighted by molar-refractivity contribution is 0.443. The second-order valence-electron chi connectivity index (χ2n) is 5.51. The summed E-state index contributed by atoms with van der Waals surface area (Å²) in [6.45, 7) is 0. The summed E-state index contributed by atoms with van der Waals surface area (Å²) in [6.07, 6.45) is 6.91. The van der Waals surface area contributed by atoms with Crippen LogP contribution in [-0.2, 0) is 0 Å². The van der Waals surface area contributed by atoms with E-state index in [4.69, 9.17) is 11.6 Å². The molecule has 1 fully saturated rings. The van der Waals surface area contributed by atoms with Crippen molar-refractivity contribution in [3.8, 4) is 0 Å². The molecule has 0 radical (unpaired) electrons. The van der Waals surface area contributed by atoms with Gasteiger partial charge in [-0.25, -0.2) is 0 Å². The molecule has 0 saturated heterocycles. The first-order valence-electron chi connectivity index (χ1n) is 7.23. The molecule has 2 aromatic rings. The smallest absolute Gasteiger partial charge is 0.0931 e. The summed E-state index contributed by atoms with van der Waals surface area (Å²) in [7, 11) is 0. The van der Waals surface area contributed by atoms with Crippen LogP contribution in [0, 0.1) is 0 Å². The molecule has 1 saturated carbocycles. The largest absolute Gasteiger partial charge is 0.127 e. The third kappa shape index (κ3) is 3.29. The number of thiophene rings is 1. The van der Waals surface area contributed by atoms with Crippen LogP contribution in [0.4, 0.5) is 0 Å². The van der Waals surface area contributed by atoms with E-state index in [1.807, 2.05) is 6.07 Å². The van der Waals surface area contributed by atoms with Crippen LogP contribution < -0.4 is 0 Å². The highest BCUT2D eigenvalue weighted by Gasteiger charge is 2.17. The molecular formula is C17H18BrClS. The van der Waals surface area contributed by atoms with Gasteiger partial charge in [0.1, 0.15) is 0 Å². The maximum atomic E-state index is 6.02. The van der Waals surface area contributed by atoms with E-state index in [0.717, 1.165) is 10.3 Å². The molecule has 3 rings (SSSR count). The van der Waals surface area contributed by atoms with Crippen molar-refractivity contribution < 1.29 is 0 Å². The van der Waals surface area contributed by atoms with Gasteiger partial charge < -0.3 is 0 Å². The minimum absolute atomic E-state index is 0.250. The Kier molecular flexibility index (Phi) is 4.85. The van der Waals surface area contributed by atoms with E-state index in [0.29, 0.717) is 0 Å². The number of hydrogen-bond acceptors (Lipinski definition) is 1. The summed E-state index contributed by atoms with van der Waals surface area (Å²) >= 11 is 11.4. The molecule has 1 aliphatic rings. The molecule has 1 unspecified atom stereocenters. The fourth-order valence-electron chi connectivity index (χ4n) is 3.00. The Balaban J connectivity index is 1.75. The molecular weight excluding hydrogens is 352 g/mol. The summed E-state index contributed by atoms with van der Waals surface area (Å²) < 4.78 is 0.850. The van der Waals surface area contributed by atoms with E-state index in [1.54, 1.807) is 11.3 Å². The van der Waals surface area contributed by atoms with E-state index < -0.39 is 0 Å². The maximum absolute atomic E-state index is 6.02. The van der Waals surface area contributed by atoms with Crippen molar-refractivity contribution in [3.05, 3.63) is 56.7 Å². The van der Waals surface area contributed by atoms with Gasteiger partial charge in [0, 0.05) is 4.88 Å². The first-order chi connectivity index (χ1) is 9.74. The van der Waals surface area contributed by atoms with Gasteiger partial charge in [-0.3, -0.25) is 0 Å². The predicted molar refractivity (Wildman–Crippen MR) is 92.4 cm³/mol. The monoisotopic (exact) mass is 368 g/mol. The van der Waals surface area contributed by atoms with Crippen molar-refractivity contribution >= 4 is 38.9 Å². The zero-order valence-electron chi connectivity index (χ0n) is 11.3.